The predicted octanol–water partition coefficient (Wildman–Crippen LogP) is 16.9. The van der Waals surface area contributed by atoms with Crippen LogP contribution in [0, 0.1) is 0 Å². The van der Waals surface area contributed by atoms with E-state index in [1.807, 2.05) is 0 Å². The van der Waals surface area contributed by atoms with Gasteiger partial charge in [0, 0.05) is 6.42 Å². The number of allylic oxidation sites excluding steroid dienone is 16. The molecule has 0 saturated carbocycles. The van der Waals surface area contributed by atoms with Crippen LogP contribution in [0.1, 0.15) is 309 Å². The first-order valence-electron chi connectivity index (χ1n) is 38.5. The summed E-state index contributed by atoms with van der Waals surface area (Å²) in [6.45, 7) is 2.78. The Morgan fingerprint density at radius 2 is 0.734 bits per heavy atom. The van der Waals surface area contributed by atoms with Crippen LogP contribution in [0.4, 0.5) is 0 Å². The second kappa shape index (κ2) is 63.4. The summed E-state index contributed by atoms with van der Waals surface area (Å²) in [5, 5.41) is 87.7. The summed E-state index contributed by atoms with van der Waals surface area (Å²) in [7, 11) is 0. The molecule has 14 nitrogen and oxygen atoms in total. The Labute approximate surface area is 573 Å². The molecule has 9 N–H and O–H groups in total. The lowest BCUT2D eigenvalue weighted by Crippen LogP contribution is -2.65. The van der Waals surface area contributed by atoms with Crippen LogP contribution in [0.15, 0.2) is 97.2 Å². The molecule has 2 saturated heterocycles. The molecule has 0 aromatic heterocycles. The fraction of sp³-hybridized carbons (Fsp3) is 0.787. The molecular formula is C80H141NO13. The molecule has 0 aromatic rings. The topological polar surface area (TPSA) is 228 Å². The van der Waals surface area contributed by atoms with E-state index in [0.29, 0.717) is 12.8 Å². The van der Waals surface area contributed by atoms with Crippen LogP contribution < -0.4 is 5.32 Å². The van der Waals surface area contributed by atoms with Crippen molar-refractivity contribution in [2.75, 3.05) is 19.8 Å². The van der Waals surface area contributed by atoms with Gasteiger partial charge in [-0.05, 0) is 77.0 Å². The lowest BCUT2D eigenvalue weighted by Gasteiger charge is -2.46. The van der Waals surface area contributed by atoms with Crippen molar-refractivity contribution in [3.05, 3.63) is 97.2 Å². The van der Waals surface area contributed by atoms with Gasteiger partial charge >= 0.3 is 0 Å². The molecule has 0 aromatic carbocycles. The van der Waals surface area contributed by atoms with Crippen molar-refractivity contribution >= 4 is 5.91 Å². The number of carbonyl (C=O) groups excluding carboxylic acids is 1. The van der Waals surface area contributed by atoms with Crippen molar-refractivity contribution in [3.63, 3.8) is 0 Å². The zero-order valence-corrected chi connectivity index (χ0v) is 59.4. The summed E-state index contributed by atoms with van der Waals surface area (Å²) in [4.78, 5) is 13.4. The highest BCUT2D eigenvalue weighted by Crippen LogP contribution is 2.30. The van der Waals surface area contributed by atoms with Crippen LogP contribution >= 0.6 is 0 Å². The van der Waals surface area contributed by atoms with Crippen molar-refractivity contribution in [2.45, 2.75) is 383 Å². The summed E-state index contributed by atoms with van der Waals surface area (Å²) in [6, 6.07) is -0.833. The molecule has 12 atom stereocenters. The molecule has 2 rings (SSSR count). The Kier molecular flexibility index (Phi) is 58.6. The summed E-state index contributed by atoms with van der Waals surface area (Å²) < 4.78 is 22.9. The van der Waals surface area contributed by atoms with E-state index in [4.69, 9.17) is 18.9 Å². The average Bonchev–Trinajstić information content (AvgIpc) is 0.794. The highest BCUT2D eigenvalue weighted by molar-refractivity contribution is 5.76. The van der Waals surface area contributed by atoms with Gasteiger partial charge in [-0.3, -0.25) is 4.79 Å². The maximum atomic E-state index is 13.4. The van der Waals surface area contributed by atoms with E-state index >= 15 is 0 Å². The third kappa shape index (κ3) is 46.2. The maximum Gasteiger partial charge on any atom is 0.220 e. The minimum atomic E-state index is -1.79. The maximum absolute atomic E-state index is 13.4. The number of aliphatic hydroxyl groups is 8. The van der Waals surface area contributed by atoms with Crippen LogP contribution in [-0.2, 0) is 23.7 Å². The van der Waals surface area contributed by atoms with Gasteiger partial charge in [0.1, 0.15) is 48.8 Å². The summed E-state index contributed by atoms with van der Waals surface area (Å²) in [6.07, 6.45) is 72.9. The number of nitrogens with one attached hydrogen (secondary N) is 1. The van der Waals surface area contributed by atoms with Crippen molar-refractivity contribution < 1.29 is 64.6 Å². The van der Waals surface area contributed by atoms with Crippen LogP contribution in [0.25, 0.3) is 0 Å². The van der Waals surface area contributed by atoms with Gasteiger partial charge in [-0.2, -0.15) is 0 Å². The van der Waals surface area contributed by atoms with Gasteiger partial charge in [0.25, 0.3) is 0 Å². The van der Waals surface area contributed by atoms with Gasteiger partial charge in [0.15, 0.2) is 12.6 Å². The highest BCUT2D eigenvalue weighted by Gasteiger charge is 2.51. The van der Waals surface area contributed by atoms with Crippen LogP contribution in [0.5, 0.6) is 0 Å². The molecular weight excluding hydrogens is 1180 g/mol. The Balaban J connectivity index is 1.58. The summed E-state index contributed by atoms with van der Waals surface area (Å²) in [5.41, 5.74) is 0. The van der Waals surface area contributed by atoms with Crippen molar-refractivity contribution in [2.24, 2.45) is 0 Å². The second-order valence-electron chi connectivity index (χ2n) is 26.8. The van der Waals surface area contributed by atoms with E-state index in [0.717, 1.165) is 103 Å². The van der Waals surface area contributed by atoms with Gasteiger partial charge in [-0.15, -0.1) is 0 Å². The molecule has 2 aliphatic rings. The van der Waals surface area contributed by atoms with Gasteiger partial charge < -0.3 is 65.1 Å². The van der Waals surface area contributed by atoms with E-state index in [1.165, 1.54) is 180 Å². The Hall–Kier alpha value is -3.09. The fourth-order valence-electron chi connectivity index (χ4n) is 12.3. The molecule has 0 aliphatic carbocycles. The molecule has 544 valence electrons. The SMILES string of the molecule is CC/C=C\C/C=C\C/C=C\C/C=C\C/C=C\C/C=C\C/C=C\C/C=C\CCCCCCCCCCCCCCCCCCC(=O)NC(COC1OC(CO)C(OC2OC(CO)C(O)C(O)C2O)C(O)C1O)C(O)CCCCCCCCCCCCCCCCCCCCC. The number of hydrogen-bond donors (Lipinski definition) is 9. The van der Waals surface area contributed by atoms with Crippen LogP contribution in [0.2, 0.25) is 0 Å². The number of aliphatic hydroxyl groups excluding tert-OH is 8. The van der Waals surface area contributed by atoms with Crippen molar-refractivity contribution in [1.82, 2.24) is 5.32 Å². The lowest BCUT2D eigenvalue weighted by atomic mass is 9.97. The summed E-state index contributed by atoms with van der Waals surface area (Å²) in [5.74, 6) is -0.205. The second-order valence-corrected chi connectivity index (χ2v) is 26.8. The first kappa shape index (κ1) is 87.0. The first-order chi connectivity index (χ1) is 46.1. The number of amides is 1. The molecule has 2 aliphatic heterocycles. The molecule has 0 spiro atoms. The third-order valence-electron chi connectivity index (χ3n) is 18.3. The minimum absolute atomic E-state index is 0.205. The quantitative estimate of drug-likeness (QED) is 0.0204. The molecule has 14 heteroatoms. The Morgan fingerprint density at radius 1 is 0.394 bits per heavy atom. The molecule has 2 fully saturated rings. The van der Waals surface area contributed by atoms with Crippen LogP contribution in [0.3, 0.4) is 0 Å². The number of rotatable bonds is 63. The van der Waals surface area contributed by atoms with Crippen molar-refractivity contribution in [3.8, 4) is 0 Å². The van der Waals surface area contributed by atoms with Gasteiger partial charge in [0.05, 0.1) is 32.0 Å². The van der Waals surface area contributed by atoms with E-state index in [2.05, 4.69) is 116 Å². The number of carbonyl (C=O) groups is 1. The first-order valence-corrected chi connectivity index (χ1v) is 38.5. The van der Waals surface area contributed by atoms with Gasteiger partial charge in [-0.25, -0.2) is 0 Å². The van der Waals surface area contributed by atoms with Gasteiger partial charge in [0.2, 0.25) is 5.91 Å². The fourth-order valence-corrected chi connectivity index (χ4v) is 12.3. The molecule has 1 amide bonds. The Morgan fingerprint density at radius 3 is 1.13 bits per heavy atom. The Bertz CT molecular complexity index is 1950. The van der Waals surface area contributed by atoms with E-state index in [1.54, 1.807) is 0 Å². The molecule has 0 bridgehead atoms. The standard InChI is InChI=1S/C80H141NO13/c1-3-5-7-9-11-13-15-17-19-21-23-24-25-26-27-28-29-30-31-32-33-34-35-36-37-38-39-40-41-42-43-44-46-48-50-52-54-56-58-60-62-64-72(85)81-68(69(84)63-61-59-57-55-53-51-49-47-45-22-20-18-16-14-12-10-8-6-4-2)67-91-79-77(90)75(88)78(71(66-83)93-79)94-80-76(89)74(87)73(86)70(65-82)92-80/h5,7,11,13,17,19,23-24,26-27,29-30,32-33,35-36,68-71,73-80,82-84,86-90H,3-4,6,8-10,12,14-16,18,20-22,25,28,31,34,37-67H2,1-2H3,(H,81,85)/b7-5-,13-11-,19-17-,24-23-,27-26-,30-29-,33-32-,36-35-. The smallest absolute Gasteiger partial charge is 0.220 e. The normalized spacial score (nSPS) is 23.0. The van der Waals surface area contributed by atoms with Gasteiger partial charge in [-0.1, -0.05) is 323 Å². The zero-order chi connectivity index (χ0) is 68.0. The zero-order valence-electron chi connectivity index (χ0n) is 59.4. The number of ether oxygens (including phenoxy) is 4. The minimum Gasteiger partial charge on any atom is -0.394 e. The molecule has 2 heterocycles. The molecule has 94 heavy (non-hydrogen) atoms. The van der Waals surface area contributed by atoms with E-state index in [9.17, 15) is 45.6 Å². The van der Waals surface area contributed by atoms with E-state index in [-0.39, 0.29) is 12.5 Å². The largest absolute Gasteiger partial charge is 0.394 e. The monoisotopic (exact) mass is 1320 g/mol. The number of unbranched alkanes of at least 4 members (excludes halogenated alkanes) is 34. The third-order valence-corrected chi connectivity index (χ3v) is 18.3. The average molecular weight is 1330 g/mol. The lowest BCUT2D eigenvalue weighted by molar-refractivity contribution is -0.359. The highest BCUT2D eigenvalue weighted by atomic mass is 16.7. The number of hydrogen-bond acceptors (Lipinski definition) is 13. The van der Waals surface area contributed by atoms with E-state index < -0.39 is 86.8 Å². The molecule has 12 unspecified atom stereocenters. The van der Waals surface area contributed by atoms with Crippen LogP contribution in [-0.4, -0.2) is 140 Å². The predicted molar refractivity (Wildman–Crippen MR) is 387 cm³/mol. The summed E-state index contributed by atoms with van der Waals surface area (Å²) >= 11 is 0. The molecule has 0 radical (unpaired) electrons. The van der Waals surface area contributed by atoms with Crippen molar-refractivity contribution in [1.29, 1.82) is 0 Å².